The van der Waals surface area contributed by atoms with Crippen molar-refractivity contribution < 1.29 is 62.0 Å². The van der Waals surface area contributed by atoms with Crippen LogP contribution in [0.4, 0.5) is 0 Å². The Morgan fingerprint density at radius 1 is 0.762 bits per heavy atom. The zero-order valence-electron chi connectivity index (χ0n) is 23.4. The molecule has 0 saturated carbocycles. The molecule has 3 rings (SSSR count). The summed E-state index contributed by atoms with van der Waals surface area (Å²) in [4.78, 5) is 86.5. The van der Waals surface area contributed by atoms with E-state index in [1.54, 1.807) is 12.1 Å². The minimum Gasteiger partial charge on any atom is -0.497 e. The molecule has 1 amide bonds. The van der Waals surface area contributed by atoms with Crippen molar-refractivity contribution in [1.82, 2.24) is 5.32 Å². The molecule has 1 N–H and O–H groups in total. The first kappa shape index (κ1) is 31.7. The van der Waals surface area contributed by atoms with Crippen molar-refractivity contribution in [3.8, 4) is 5.75 Å². The first-order valence-electron chi connectivity index (χ1n) is 12.6. The second kappa shape index (κ2) is 13.7. The Morgan fingerprint density at radius 3 is 1.88 bits per heavy atom. The molecule has 1 saturated heterocycles. The molecule has 0 bridgehead atoms. The largest absolute Gasteiger partial charge is 0.497 e. The molecule has 42 heavy (non-hydrogen) atoms. The number of allylic oxidation sites excluding steroid dienone is 2. The van der Waals surface area contributed by atoms with Crippen molar-refractivity contribution in [3.63, 3.8) is 0 Å². The van der Waals surface area contributed by atoms with E-state index in [1.165, 1.54) is 19.2 Å². The Morgan fingerprint density at radius 2 is 1.33 bits per heavy atom. The molecular formula is C28H29NO13. The summed E-state index contributed by atoms with van der Waals surface area (Å²) < 4.78 is 32.0. The molecular weight excluding hydrogens is 558 g/mol. The summed E-state index contributed by atoms with van der Waals surface area (Å²) in [6.07, 6.45) is -5.65. The summed E-state index contributed by atoms with van der Waals surface area (Å²) in [6.45, 7) is 3.77. The highest BCUT2D eigenvalue weighted by Gasteiger charge is 2.54. The van der Waals surface area contributed by atoms with Gasteiger partial charge >= 0.3 is 23.9 Å². The summed E-state index contributed by atoms with van der Waals surface area (Å²) in [5, 5.41) is 2.38. The Labute approximate surface area is 239 Å². The molecule has 0 radical (unpaired) electrons. The van der Waals surface area contributed by atoms with Crippen LogP contribution in [0.2, 0.25) is 0 Å². The van der Waals surface area contributed by atoms with E-state index in [-0.39, 0.29) is 16.8 Å². The predicted molar refractivity (Wildman–Crippen MR) is 139 cm³/mol. The van der Waals surface area contributed by atoms with Crippen LogP contribution in [0.25, 0.3) is 0 Å². The molecule has 5 atom stereocenters. The van der Waals surface area contributed by atoms with Crippen molar-refractivity contribution >= 4 is 41.4 Å². The molecule has 1 aromatic rings. The average molecular weight is 588 g/mol. The SMILES string of the molecule is COc1ccc(C(=O)NC2=CC(=O)C([C@@H]3O[C@H](COC(C)=O)[C@@H](OC(C)=O)[C@H](OC(C)=O)[C@H]3OC(C)=O)=CC2=O)cc1. The maximum absolute atomic E-state index is 13.3. The number of carbonyl (C=O) groups excluding carboxylic acids is 7. The van der Waals surface area contributed by atoms with Gasteiger partial charge in [-0.1, -0.05) is 0 Å². The van der Waals surface area contributed by atoms with E-state index < -0.39 is 78.5 Å². The van der Waals surface area contributed by atoms with Crippen LogP contribution in [0.15, 0.2) is 47.7 Å². The highest BCUT2D eigenvalue weighted by atomic mass is 16.7. The lowest BCUT2D eigenvalue weighted by atomic mass is 9.86. The zero-order valence-corrected chi connectivity index (χ0v) is 23.4. The number of carbonyl (C=O) groups is 7. The molecule has 1 aliphatic heterocycles. The standard InChI is InChI=1S/C28H29NO13/c1-13(30)38-12-23-25(39-14(2)31)27(41-16(4)33)26(40-15(3)32)24(42-23)19-10-22(35)20(11-21(19)34)29-28(36)17-6-8-18(37-5)9-7-17/h6-11,23-27H,12H2,1-5H3,(H,29,36)/t23-,24+,25-,26+,27+/m1/s1. The Balaban J connectivity index is 1.96. The van der Waals surface area contributed by atoms with Gasteiger partial charge in [0.2, 0.25) is 5.78 Å². The summed E-state index contributed by atoms with van der Waals surface area (Å²) >= 11 is 0. The maximum Gasteiger partial charge on any atom is 0.303 e. The van der Waals surface area contributed by atoms with Crippen LogP contribution in [0.1, 0.15) is 38.1 Å². The van der Waals surface area contributed by atoms with Crippen molar-refractivity contribution in [3.05, 3.63) is 53.3 Å². The minimum absolute atomic E-state index is 0.186. The van der Waals surface area contributed by atoms with E-state index >= 15 is 0 Å². The van der Waals surface area contributed by atoms with Gasteiger partial charge in [0.1, 0.15) is 24.6 Å². The molecule has 1 heterocycles. The Hall–Kier alpha value is -4.85. The fraction of sp³-hybridized carbons (Fsp3) is 0.393. The predicted octanol–water partition coefficient (Wildman–Crippen LogP) is 0.513. The minimum atomic E-state index is -1.57. The van der Waals surface area contributed by atoms with Gasteiger partial charge in [-0.05, 0) is 30.3 Å². The van der Waals surface area contributed by atoms with Gasteiger partial charge in [0.15, 0.2) is 24.1 Å². The number of esters is 4. The topological polar surface area (TPSA) is 187 Å². The van der Waals surface area contributed by atoms with Gasteiger partial charge in [-0.25, -0.2) is 0 Å². The molecule has 14 heteroatoms. The quantitative estimate of drug-likeness (QED) is 0.239. The van der Waals surface area contributed by atoms with Crippen molar-refractivity contribution in [2.45, 2.75) is 58.2 Å². The smallest absolute Gasteiger partial charge is 0.303 e. The molecule has 1 fully saturated rings. The third-order valence-corrected chi connectivity index (χ3v) is 6.01. The highest BCUT2D eigenvalue weighted by molar-refractivity contribution is 6.21. The lowest BCUT2D eigenvalue weighted by molar-refractivity contribution is -0.246. The van der Waals surface area contributed by atoms with Crippen LogP contribution in [-0.4, -0.2) is 85.6 Å². The number of methoxy groups -OCH3 is 1. The Bertz CT molecular complexity index is 1340. The van der Waals surface area contributed by atoms with E-state index in [1.807, 2.05) is 0 Å². The second-order valence-electron chi connectivity index (χ2n) is 9.19. The van der Waals surface area contributed by atoms with Crippen LogP contribution < -0.4 is 10.1 Å². The molecule has 1 aromatic carbocycles. The maximum atomic E-state index is 13.3. The lowest BCUT2D eigenvalue weighted by Gasteiger charge is -2.45. The van der Waals surface area contributed by atoms with Gasteiger partial charge in [-0.15, -0.1) is 0 Å². The summed E-state index contributed by atoms with van der Waals surface area (Å²) in [7, 11) is 1.46. The van der Waals surface area contributed by atoms with E-state index in [0.29, 0.717) is 5.75 Å². The van der Waals surface area contributed by atoms with Gasteiger partial charge in [-0.2, -0.15) is 0 Å². The number of benzene rings is 1. The molecule has 2 aliphatic rings. The molecule has 0 aromatic heterocycles. The number of rotatable bonds is 9. The van der Waals surface area contributed by atoms with Crippen molar-refractivity contribution in [1.29, 1.82) is 0 Å². The van der Waals surface area contributed by atoms with Crippen LogP contribution in [0.3, 0.4) is 0 Å². The number of ketones is 2. The van der Waals surface area contributed by atoms with E-state index in [4.69, 9.17) is 28.4 Å². The number of hydrogen-bond acceptors (Lipinski definition) is 13. The van der Waals surface area contributed by atoms with Gasteiger partial charge in [0, 0.05) is 44.9 Å². The van der Waals surface area contributed by atoms with Crippen LogP contribution in [0, 0.1) is 0 Å². The van der Waals surface area contributed by atoms with E-state index in [0.717, 1.165) is 39.8 Å². The van der Waals surface area contributed by atoms with E-state index in [2.05, 4.69) is 5.32 Å². The molecule has 14 nitrogen and oxygen atoms in total. The fourth-order valence-corrected chi connectivity index (χ4v) is 4.31. The third-order valence-electron chi connectivity index (χ3n) is 6.01. The number of nitrogens with one attached hydrogen (secondary N) is 1. The van der Waals surface area contributed by atoms with Gasteiger partial charge in [-0.3, -0.25) is 33.6 Å². The lowest BCUT2D eigenvalue weighted by Crippen LogP contribution is -2.63. The first-order valence-corrected chi connectivity index (χ1v) is 12.6. The van der Waals surface area contributed by atoms with Gasteiger partial charge < -0.3 is 33.7 Å². The normalized spacial score (nSPS) is 23.5. The van der Waals surface area contributed by atoms with Crippen LogP contribution in [-0.2, 0) is 52.5 Å². The average Bonchev–Trinajstić information content (AvgIpc) is 2.91. The zero-order chi connectivity index (χ0) is 31.1. The first-order chi connectivity index (χ1) is 19.8. The summed E-state index contributed by atoms with van der Waals surface area (Å²) in [6, 6.07) is 6.00. The summed E-state index contributed by atoms with van der Waals surface area (Å²) in [5.41, 5.74) is -0.471. The van der Waals surface area contributed by atoms with E-state index in [9.17, 15) is 33.6 Å². The fourth-order valence-electron chi connectivity index (χ4n) is 4.31. The van der Waals surface area contributed by atoms with Crippen molar-refractivity contribution in [2.75, 3.05) is 13.7 Å². The van der Waals surface area contributed by atoms with Gasteiger partial charge in [0.25, 0.3) is 5.91 Å². The monoisotopic (exact) mass is 587 g/mol. The second-order valence-corrected chi connectivity index (χ2v) is 9.19. The molecule has 0 unspecified atom stereocenters. The van der Waals surface area contributed by atoms with Crippen molar-refractivity contribution in [2.24, 2.45) is 0 Å². The Kier molecular flexibility index (Phi) is 10.3. The molecule has 224 valence electrons. The van der Waals surface area contributed by atoms with Gasteiger partial charge in [0.05, 0.1) is 12.8 Å². The molecule has 1 aliphatic carbocycles. The number of hydrogen-bond donors (Lipinski definition) is 1. The number of amides is 1. The third kappa shape index (κ3) is 7.87. The van der Waals surface area contributed by atoms with Crippen LogP contribution >= 0.6 is 0 Å². The molecule has 0 spiro atoms. The number of ether oxygens (including phenoxy) is 6. The summed E-state index contributed by atoms with van der Waals surface area (Å²) in [5.74, 6) is -5.03. The highest BCUT2D eigenvalue weighted by Crippen LogP contribution is 2.34. The van der Waals surface area contributed by atoms with Crippen LogP contribution in [0.5, 0.6) is 5.75 Å².